The quantitative estimate of drug-likeness (QED) is 0.650. The number of aliphatic hydroxyl groups excluding tert-OH is 1. The summed E-state index contributed by atoms with van der Waals surface area (Å²) in [5.74, 6) is -1.09. The molecule has 0 aliphatic heterocycles. The van der Waals surface area contributed by atoms with Gasteiger partial charge in [0.15, 0.2) is 0 Å². The molecule has 98 valence electrons. The fourth-order valence-corrected chi connectivity index (χ4v) is 1.28. The maximum atomic E-state index is 11.5. The molecule has 0 saturated carbocycles. The van der Waals surface area contributed by atoms with Crippen LogP contribution in [0.4, 0.5) is 5.69 Å². The summed E-state index contributed by atoms with van der Waals surface area (Å²) in [4.78, 5) is 22.8. The van der Waals surface area contributed by atoms with Gasteiger partial charge >= 0.3 is 11.8 Å². The van der Waals surface area contributed by atoms with Crippen molar-refractivity contribution < 1.29 is 19.4 Å². The first-order valence-electron chi connectivity index (χ1n) is 5.61. The molecule has 0 bridgehead atoms. The van der Waals surface area contributed by atoms with Crippen LogP contribution in [0.15, 0.2) is 24.3 Å². The minimum atomic E-state index is -0.796. The molecular formula is C12H16N2O4. The number of rotatable bonds is 5. The molecule has 0 atom stereocenters. The molecule has 3 N–H and O–H groups in total. The van der Waals surface area contributed by atoms with Crippen LogP contribution >= 0.6 is 0 Å². The second-order valence-corrected chi connectivity index (χ2v) is 3.36. The summed E-state index contributed by atoms with van der Waals surface area (Å²) >= 11 is 0. The van der Waals surface area contributed by atoms with Crippen LogP contribution in [0.1, 0.15) is 6.92 Å². The van der Waals surface area contributed by atoms with Gasteiger partial charge in [-0.25, -0.2) is 0 Å². The number of amides is 2. The molecule has 1 rings (SSSR count). The van der Waals surface area contributed by atoms with Gasteiger partial charge in [-0.15, -0.1) is 0 Å². The number of carbonyl (C=O) groups excluding carboxylic acids is 2. The van der Waals surface area contributed by atoms with E-state index in [0.717, 1.165) is 0 Å². The van der Waals surface area contributed by atoms with Crippen molar-refractivity contribution in [2.45, 2.75) is 6.92 Å². The lowest BCUT2D eigenvalue weighted by atomic mass is 10.3. The molecule has 1 aromatic carbocycles. The maximum absolute atomic E-state index is 11.5. The van der Waals surface area contributed by atoms with Gasteiger partial charge in [0.25, 0.3) is 0 Å². The minimum absolute atomic E-state index is 0.0410. The van der Waals surface area contributed by atoms with Crippen LogP contribution in [0.5, 0.6) is 5.75 Å². The molecule has 0 spiro atoms. The Hall–Kier alpha value is -2.08. The van der Waals surface area contributed by atoms with Gasteiger partial charge in [0.05, 0.1) is 18.9 Å². The van der Waals surface area contributed by atoms with E-state index in [1.807, 2.05) is 6.92 Å². The molecule has 0 saturated heterocycles. The molecule has 0 fully saturated rings. The Balaban J connectivity index is 2.66. The monoisotopic (exact) mass is 252 g/mol. The van der Waals surface area contributed by atoms with E-state index < -0.39 is 11.8 Å². The van der Waals surface area contributed by atoms with Crippen molar-refractivity contribution in [3.8, 4) is 5.75 Å². The van der Waals surface area contributed by atoms with E-state index in [0.29, 0.717) is 18.0 Å². The van der Waals surface area contributed by atoms with Crippen molar-refractivity contribution in [3.05, 3.63) is 24.3 Å². The molecule has 6 heteroatoms. The Bertz CT molecular complexity index is 420. The smallest absolute Gasteiger partial charge is 0.313 e. The van der Waals surface area contributed by atoms with Gasteiger partial charge < -0.3 is 20.5 Å². The van der Waals surface area contributed by atoms with Crippen LogP contribution in [0, 0.1) is 0 Å². The minimum Gasteiger partial charge on any atom is -0.492 e. The van der Waals surface area contributed by atoms with Crippen molar-refractivity contribution in [2.75, 3.05) is 25.1 Å². The van der Waals surface area contributed by atoms with Gasteiger partial charge in [0.2, 0.25) is 0 Å². The highest BCUT2D eigenvalue weighted by molar-refractivity contribution is 6.39. The number of aliphatic hydroxyl groups is 1. The largest absolute Gasteiger partial charge is 0.492 e. The normalized spacial score (nSPS) is 9.67. The molecule has 2 amide bonds. The molecular weight excluding hydrogens is 236 g/mol. The lowest BCUT2D eigenvalue weighted by molar-refractivity contribution is -0.136. The number of benzene rings is 1. The molecule has 1 aromatic rings. The number of para-hydroxylation sites is 2. The van der Waals surface area contributed by atoms with Crippen molar-refractivity contribution in [3.63, 3.8) is 0 Å². The molecule has 0 radical (unpaired) electrons. The maximum Gasteiger partial charge on any atom is 0.313 e. The van der Waals surface area contributed by atoms with Crippen molar-refractivity contribution in [1.29, 1.82) is 0 Å². The molecule has 0 heterocycles. The fourth-order valence-electron chi connectivity index (χ4n) is 1.28. The van der Waals surface area contributed by atoms with E-state index in [-0.39, 0.29) is 13.2 Å². The lowest BCUT2D eigenvalue weighted by Gasteiger charge is -2.10. The molecule has 0 unspecified atom stereocenters. The Morgan fingerprint density at radius 1 is 1.28 bits per heavy atom. The average Bonchev–Trinajstić information content (AvgIpc) is 2.38. The fraction of sp³-hybridized carbons (Fsp3) is 0.333. The first-order chi connectivity index (χ1) is 8.69. The second kappa shape index (κ2) is 7.29. The predicted octanol–water partition coefficient (Wildman–Crippen LogP) is 0.132. The van der Waals surface area contributed by atoms with E-state index in [2.05, 4.69) is 10.6 Å². The Labute approximate surface area is 105 Å². The van der Waals surface area contributed by atoms with Crippen molar-refractivity contribution in [2.24, 2.45) is 0 Å². The van der Waals surface area contributed by atoms with E-state index in [1.54, 1.807) is 24.3 Å². The van der Waals surface area contributed by atoms with E-state index >= 15 is 0 Å². The van der Waals surface area contributed by atoms with Gasteiger partial charge in [-0.05, 0) is 19.1 Å². The lowest BCUT2D eigenvalue weighted by Crippen LogP contribution is -2.36. The molecule has 18 heavy (non-hydrogen) atoms. The van der Waals surface area contributed by atoms with Gasteiger partial charge in [-0.1, -0.05) is 12.1 Å². The standard InChI is InChI=1S/C12H16N2O4/c1-2-18-10-6-4-3-5-9(10)14-12(17)11(16)13-7-8-15/h3-6,15H,2,7-8H2,1H3,(H,13,16)(H,14,17). The number of hydrogen-bond acceptors (Lipinski definition) is 4. The highest BCUT2D eigenvalue weighted by Crippen LogP contribution is 2.23. The van der Waals surface area contributed by atoms with Crippen LogP contribution in [0.2, 0.25) is 0 Å². The Morgan fingerprint density at radius 2 is 2.00 bits per heavy atom. The van der Waals surface area contributed by atoms with Gasteiger partial charge in [-0.3, -0.25) is 9.59 Å². The van der Waals surface area contributed by atoms with Crippen LogP contribution in [0.3, 0.4) is 0 Å². The third kappa shape index (κ3) is 4.06. The summed E-state index contributed by atoms with van der Waals surface area (Å²) in [7, 11) is 0. The van der Waals surface area contributed by atoms with Crippen LogP contribution in [-0.4, -0.2) is 36.7 Å². The molecule has 0 aliphatic carbocycles. The predicted molar refractivity (Wildman–Crippen MR) is 66.3 cm³/mol. The van der Waals surface area contributed by atoms with Gasteiger partial charge in [-0.2, -0.15) is 0 Å². The Morgan fingerprint density at radius 3 is 2.67 bits per heavy atom. The second-order valence-electron chi connectivity index (χ2n) is 3.36. The summed E-state index contributed by atoms with van der Waals surface area (Å²) in [5.41, 5.74) is 0.434. The topological polar surface area (TPSA) is 87.7 Å². The summed E-state index contributed by atoms with van der Waals surface area (Å²) < 4.78 is 5.31. The number of hydrogen-bond donors (Lipinski definition) is 3. The zero-order chi connectivity index (χ0) is 13.4. The van der Waals surface area contributed by atoms with Gasteiger partial charge in [0.1, 0.15) is 5.75 Å². The third-order valence-corrected chi connectivity index (χ3v) is 2.04. The van der Waals surface area contributed by atoms with E-state index in [4.69, 9.17) is 9.84 Å². The van der Waals surface area contributed by atoms with Crippen molar-refractivity contribution >= 4 is 17.5 Å². The summed E-state index contributed by atoms with van der Waals surface area (Å²) in [6, 6.07) is 6.84. The number of ether oxygens (including phenoxy) is 1. The first-order valence-corrected chi connectivity index (χ1v) is 5.61. The average molecular weight is 252 g/mol. The number of nitrogens with one attached hydrogen (secondary N) is 2. The van der Waals surface area contributed by atoms with E-state index in [1.165, 1.54) is 0 Å². The Kier molecular flexibility index (Phi) is 5.66. The summed E-state index contributed by atoms with van der Waals surface area (Å²) in [6.45, 7) is 2.12. The zero-order valence-corrected chi connectivity index (χ0v) is 10.1. The third-order valence-electron chi connectivity index (χ3n) is 2.04. The van der Waals surface area contributed by atoms with E-state index in [9.17, 15) is 9.59 Å². The van der Waals surface area contributed by atoms with Crippen LogP contribution in [0.25, 0.3) is 0 Å². The zero-order valence-electron chi connectivity index (χ0n) is 10.1. The molecule has 0 aliphatic rings. The first kappa shape index (κ1) is 14.0. The number of carbonyl (C=O) groups is 2. The summed E-state index contributed by atoms with van der Waals surface area (Å²) in [5, 5.41) is 13.2. The highest BCUT2D eigenvalue weighted by Gasteiger charge is 2.14. The van der Waals surface area contributed by atoms with Crippen LogP contribution < -0.4 is 15.4 Å². The number of anilines is 1. The van der Waals surface area contributed by atoms with Crippen LogP contribution in [-0.2, 0) is 9.59 Å². The highest BCUT2D eigenvalue weighted by atomic mass is 16.5. The molecule has 6 nitrogen and oxygen atoms in total. The van der Waals surface area contributed by atoms with Gasteiger partial charge in [0, 0.05) is 6.54 Å². The summed E-state index contributed by atoms with van der Waals surface area (Å²) in [6.07, 6.45) is 0. The molecule has 0 aromatic heterocycles. The SMILES string of the molecule is CCOc1ccccc1NC(=O)C(=O)NCCO. The van der Waals surface area contributed by atoms with Crippen molar-refractivity contribution in [1.82, 2.24) is 5.32 Å².